The highest BCUT2D eigenvalue weighted by molar-refractivity contribution is 5.44. The van der Waals surface area contributed by atoms with Crippen LogP contribution in [0.1, 0.15) is 12.8 Å². The number of rotatable bonds is 4. The lowest BCUT2D eigenvalue weighted by Gasteiger charge is -2.13. The molecule has 2 heteroatoms. The molecule has 0 aliphatic heterocycles. The van der Waals surface area contributed by atoms with Crippen molar-refractivity contribution in [2.75, 3.05) is 7.11 Å². The topological polar surface area (TPSA) is 33.0 Å². The quantitative estimate of drug-likeness (QED) is 0.529. The lowest BCUT2D eigenvalue weighted by Crippen LogP contribution is -1.96. The van der Waals surface area contributed by atoms with Gasteiger partial charge in [0.1, 0.15) is 0 Å². The van der Waals surface area contributed by atoms with Gasteiger partial charge in [0.2, 0.25) is 0 Å². The Morgan fingerprint density at radius 3 is 2.62 bits per heavy atom. The maximum atomic E-state index is 8.55. The third-order valence-corrected chi connectivity index (χ3v) is 2.42. The highest BCUT2D eigenvalue weighted by Gasteiger charge is 2.07. The molecule has 82 valence electrons. The number of allylic oxidation sites excluding steroid dienone is 8. The number of hydrogen-bond donors (Lipinski definition) is 0. The molecule has 16 heavy (non-hydrogen) atoms. The first-order valence-corrected chi connectivity index (χ1v) is 5.07. The molecule has 0 fully saturated rings. The SMILES string of the molecule is C=C(C#N)/C=C\C(=C)C1=CC=C(OC)CC1. The Balaban J connectivity index is 2.67. The molecular formula is C14H15NO. The van der Waals surface area contributed by atoms with E-state index in [2.05, 4.69) is 13.2 Å². The molecule has 0 atom stereocenters. The van der Waals surface area contributed by atoms with Crippen LogP contribution in [0.4, 0.5) is 0 Å². The van der Waals surface area contributed by atoms with Gasteiger partial charge in [-0.25, -0.2) is 0 Å². The predicted molar refractivity (Wildman–Crippen MR) is 65.4 cm³/mol. The van der Waals surface area contributed by atoms with Gasteiger partial charge in [-0.15, -0.1) is 0 Å². The largest absolute Gasteiger partial charge is 0.501 e. The Labute approximate surface area is 96.5 Å². The first-order valence-electron chi connectivity index (χ1n) is 5.07. The summed E-state index contributed by atoms with van der Waals surface area (Å²) < 4.78 is 5.15. The second-order valence-electron chi connectivity index (χ2n) is 3.52. The summed E-state index contributed by atoms with van der Waals surface area (Å²) in [6, 6.07) is 1.97. The van der Waals surface area contributed by atoms with Crippen molar-refractivity contribution in [1.29, 1.82) is 5.26 Å². The summed E-state index contributed by atoms with van der Waals surface area (Å²) >= 11 is 0. The number of hydrogen-bond acceptors (Lipinski definition) is 2. The maximum absolute atomic E-state index is 8.55. The highest BCUT2D eigenvalue weighted by atomic mass is 16.5. The Kier molecular flexibility index (Phi) is 4.35. The zero-order valence-electron chi connectivity index (χ0n) is 9.49. The Bertz CT molecular complexity index is 430. The van der Waals surface area contributed by atoms with Crippen molar-refractivity contribution >= 4 is 0 Å². The molecule has 1 aliphatic rings. The molecule has 0 amide bonds. The van der Waals surface area contributed by atoms with Crippen molar-refractivity contribution in [1.82, 2.24) is 0 Å². The van der Waals surface area contributed by atoms with Gasteiger partial charge >= 0.3 is 0 Å². The van der Waals surface area contributed by atoms with Crippen LogP contribution in [0, 0.1) is 11.3 Å². The zero-order valence-corrected chi connectivity index (χ0v) is 9.49. The summed E-state index contributed by atoms with van der Waals surface area (Å²) in [6.07, 6.45) is 9.28. The fraction of sp³-hybridized carbons (Fsp3) is 0.214. The predicted octanol–water partition coefficient (Wildman–Crippen LogP) is 3.43. The molecule has 0 radical (unpaired) electrons. The molecule has 0 saturated heterocycles. The lowest BCUT2D eigenvalue weighted by molar-refractivity contribution is 0.276. The summed E-state index contributed by atoms with van der Waals surface area (Å²) in [4.78, 5) is 0. The Morgan fingerprint density at radius 2 is 2.12 bits per heavy atom. The van der Waals surface area contributed by atoms with Crippen LogP contribution in [-0.4, -0.2) is 7.11 Å². The molecule has 0 saturated carbocycles. The van der Waals surface area contributed by atoms with E-state index in [1.807, 2.05) is 24.3 Å². The minimum Gasteiger partial charge on any atom is -0.501 e. The van der Waals surface area contributed by atoms with Crippen LogP contribution in [0.3, 0.4) is 0 Å². The van der Waals surface area contributed by atoms with Crippen molar-refractivity contribution in [3.63, 3.8) is 0 Å². The van der Waals surface area contributed by atoms with Gasteiger partial charge in [0.25, 0.3) is 0 Å². The van der Waals surface area contributed by atoms with E-state index in [9.17, 15) is 0 Å². The third-order valence-electron chi connectivity index (χ3n) is 2.42. The highest BCUT2D eigenvalue weighted by Crippen LogP contribution is 2.24. The minimum atomic E-state index is 0.436. The van der Waals surface area contributed by atoms with E-state index < -0.39 is 0 Å². The molecular weight excluding hydrogens is 198 g/mol. The first-order chi connectivity index (χ1) is 7.67. The van der Waals surface area contributed by atoms with Crippen molar-refractivity contribution in [2.24, 2.45) is 0 Å². The smallest absolute Gasteiger partial charge is 0.0985 e. The number of methoxy groups -OCH3 is 1. The second-order valence-corrected chi connectivity index (χ2v) is 3.52. The molecule has 2 nitrogen and oxygen atoms in total. The van der Waals surface area contributed by atoms with Crippen LogP contribution in [0.5, 0.6) is 0 Å². The van der Waals surface area contributed by atoms with Crippen LogP contribution in [-0.2, 0) is 4.74 Å². The summed E-state index contributed by atoms with van der Waals surface area (Å²) in [5.41, 5.74) is 2.52. The molecule has 0 aromatic heterocycles. The lowest BCUT2D eigenvalue weighted by atomic mass is 9.97. The summed E-state index contributed by atoms with van der Waals surface area (Å²) in [5, 5.41) is 8.55. The van der Waals surface area contributed by atoms with Crippen LogP contribution < -0.4 is 0 Å². The van der Waals surface area contributed by atoms with E-state index in [1.165, 1.54) is 5.57 Å². The summed E-state index contributed by atoms with van der Waals surface area (Å²) in [5.74, 6) is 0.988. The molecule has 0 N–H and O–H groups in total. The summed E-state index contributed by atoms with van der Waals surface area (Å²) in [6.45, 7) is 7.53. The number of nitrogens with zero attached hydrogens (tertiary/aromatic N) is 1. The van der Waals surface area contributed by atoms with E-state index in [-0.39, 0.29) is 0 Å². The van der Waals surface area contributed by atoms with Gasteiger partial charge in [-0.3, -0.25) is 0 Å². The van der Waals surface area contributed by atoms with Crippen molar-refractivity contribution in [3.05, 3.63) is 59.9 Å². The molecule has 1 aliphatic carbocycles. The van der Waals surface area contributed by atoms with E-state index in [0.717, 1.165) is 24.2 Å². The van der Waals surface area contributed by atoms with Gasteiger partial charge in [0.05, 0.1) is 18.9 Å². The average Bonchev–Trinajstić information content (AvgIpc) is 2.35. The van der Waals surface area contributed by atoms with Crippen LogP contribution >= 0.6 is 0 Å². The van der Waals surface area contributed by atoms with Crippen LogP contribution in [0.15, 0.2) is 59.9 Å². The van der Waals surface area contributed by atoms with Crippen molar-refractivity contribution < 1.29 is 4.74 Å². The Hall–Kier alpha value is -2.01. The number of ether oxygens (including phenoxy) is 1. The average molecular weight is 213 g/mol. The summed E-state index contributed by atoms with van der Waals surface area (Å²) in [7, 11) is 1.68. The maximum Gasteiger partial charge on any atom is 0.0985 e. The van der Waals surface area contributed by atoms with E-state index >= 15 is 0 Å². The Morgan fingerprint density at radius 1 is 1.38 bits per heavy atom. The molecule has 0 heterocycles. The first kappa shape index (κ1) is 12.1. The van der Waals surface area contributed by atoms with Gasteiger partial charge in [-0.1, -0.05) is 25.3 Å². The molecule has 0 aromatic carbocycles. The second kappa shape index (κ2) is 5.77. The number of nitriles is 1. The molecule has 0 aromatic rings. The van der Waals surface area contributed by atoms with Crippen molar-refractivity contribution in [3.8, 4) is 6.07 Å². The van der Waals surface area contributed by atoms with E-state index in [1.54, 1.807) is 13.2 Å². The molecule has 1 rings (SSSR count). The van der Waals surface area contributed by atoms with Gasteiger partial charge in [0, 0.05) is 12.0 Å². The van der Waals surface area contributed by atoms with Crippen molar-refractivity contribution in [2.45, 2.75) is 12.8 Å². The normalized spacial score (nSPS) is 15.0. The van der Waals surface area contributed by atoms with Crippen LogP contribution in [0.2, 0.25) is 0 Å². The molecule has 0 bridgehead atoms. The van der Waals surface area contributed by atoms with E-state index in [4.69, 9.17) is 10.00 Å². The van der Waals surface area contributed by atoms with Gasteiger partial charge in [0.15, 0.2) is 0 Å². The van der Waals surface area contributed by atoms with E-state index in [0.29, 0.717) is 5.57 Å². The molecule has 0 spiro atoms. The van der Waals surface area contributed by atoms with Crippen LogP contribution in [0.25, 0.3) is 0 Å². The zero-order chi connectivity index (χ0) is 12.0. The molecule has 0 unspecified atom stereocenters. The van der Waals surface area contributed by atoms with Gasteiger partial charge in [-0.2, -0.15) is 5.26 Å². The van der Waals surface area contributed by atoms with Gasteiger partial charge < -0.3 is 4.74 Å². The fourth-order valence-electron chi connectivity index (χ4n) is 1.40. The minimum absolute atomic E-state index is 0.436. The third kappa shape index (κ3) is 3.29. The van der Waals surface area contributed by atoms with Gasteiger partial charge in [-0.05, 0) is 29.7 Å². The standard InChI is InChI=1S/C14H15NO/c1-11(10-15)4-5-12(2)13-6-8-14(16-3)9-7-13/h4-6,8H,1-2,7,9H2,3H3/b5-4-. The monoisotopic (exact) mass is 213 g/mol. The fourth-order valence-corrected chi connectivity index (χ4v) is 1.40.